The third-order valence-electron chi connectivity index (χ3n) is 3.38. The topological polar surface area (TPSA) is 66.8 Å². The summed E-state index contributed by atoms with van der Waals surface area (Å²) in [6, 6.07) is 13.6. The van der Waals surface area contributed by atoms with Crippen LogP contribution in [0.2, 0.25) is 0 Å². The number of phenols is 2. The monoisotopic (exact) mass is 298 g/mol. The summed E-state index contributed by atoms with van der Waals surface area (Å²) < 4.78 is 5.17. The molecular weight excluding hydrogens is 280 g/mol. The molecule has 0 amide bonds. The normalized spacial score (nSPS) is 11.6. The van der Waals surface area contributed by atoms with Crippen molar-refractivity contribution in [3.05, 3.63) is 72.3 Å². The van der Waals surface area contributed by atoms with Crippen LogP contribution in [0.4, 0.5) is 0 Å². The van der Waals surface area contributed by atoms with Crippen molar-refractivity contribution in [2.45, 2.75) is 12.3 Å². The van der Waals surface area contributed by atoms with Crippen LogP contribution in [0, 0.1) is 0 Å². The van der Waals surface area contributed by atoms with E-state index in [4.69, 9.17) is 4.74 Å². The maximum absolute atomic E-state index is 11.9. The lowest BCUT2D eigenvalue weighted by Gasteiger charge is -2.13. The summed E-state index contributed by atoms with van der Waals surface area (Å²) in [4.78, 5) is 11.9. The molecule has 0 saturated heterocycles. The standard InChI is InChI=1S/C18H18O4/c1-2-13(14-6-4-3-5-7-14)10-11-22-18(21)16-9-8-15(19)12-17(16)20/h2-9,12-13,19-20H,1,10-11H2. The summed E-state index contributed by atoms with van der Waals surface area (Å²) >= 11 is 0. The Morgan fingerprint density at radius 2 is 1.91 bits per heavy atom. The van der Waals surface area contributed by atoms with E-state index in [2.05, 4.69) is 6.58 Å². The number of carbonyl (C=O) groups is 1. The second kappa shape index (κ2) is 7.31. The van der Waals surface area contributed by atoms with E-state index < -0.39 is 5.97 Å². The van der Waals surface area contributed by atoms with Crippen LogP contribution in [0.25, 0.3) is 0 Å². The van der Waals surface area contributed by atoms with E-state index in [9.17, 15) is 15.0 Å². The number of ether oxygens (including phenoxy) is 1. The zero-order valence-electron chi connectivity index (χ0n) is 12.1. The van der Waals surface area contributed by atoms with Gasteiger partial charge in [0.25, 0.3) is 0 Å². The Morgan fingerprint density at radius 3 is 2.55 bits per heavy atom. The van der Waals surface area contributed by atoms with Gasteiger partial charge in [0.2, 0.25) is 0 Å². The smallest absolute Gasteiger partial charge is 0.341 e. The Bertz CT molecular complexity index is 649. The number of carbonyl (C=O) groups excluding carboxylic acids is 1. The van der Waals surface area contributed by atoms with Crippen molar-refractivity contribution >= 4 is 5.97 Å². The van der Waals surface area contributed by atoms with Crippen LogP contribution >= 0.6 is 0 Å². The third kappa shape index (κ3) is 3.88. The molecule has 0 bridgehead atoms. The van der Waals surface area contributed by atoms with Crippen LogP contribution in [0.15, 0.2) is 61.2 Å². The highest BCUT2D eigenvalue weighted by atomic mass is 16.5. The molecule has 0 spiro atoms. The summed E-state index contributed by atoms with van der Waals surface area (Å²) in [7, 11) is 0. The van der Waals surface area contributed by atoms with Gasteiger partial charge in [-0.25, -0.2) is 4.79 Å². The molecule has 4 heteroatoms. The van der Waals surface area contributed by atoms with Crippen molar-refractivity contribution in [3.8, 4) is 11.5 Å². The first-order chi connectivity index (χ1) is 10.6. The number of esters is 1. The molecule has 114 valence electrons. The van der Waals surface area contributed by atoms with Gasteiger partial charge in [-0.1, -0.05) is 36.4 Å². The average Bonchev–Trinajstić information content (AvgIpc) is 2.52. The van der Waals surface area contributed by atoms with Gasteiger partial charge in [0.15, 0.2) is 0 Å². The van der Waals surface area contributed by atoms with Gasteiger partial charge in [-0.05, 0) is 24.1 Å². The first-order valence-corrected chi connectivity index (χ1v) is 6.98. The van der Waals surface area contributed by atoms with E-state index >= 15 is 0 Å². The zero-order chi connectivity index (χ0) is 15.9. The van der Waals surface area contributed by atoms with Crippen LogP contribution in [-0.2, 0) is 4.74 Å². The Balaban J connectivity index is 1.92. The predicted octanol–water partition coefficient (Wildman–Crippen LogP) is 3.61. The molecule has 0 heterocycles. The van der Waals surface area contributed by atoms with Crippen molar-refractivity contribution in [3.63, 3.8) is 0 Å². The van der Waals surface area contributed by atoms with Gasteiger partial charge in [0, 0.05) is 12.0 Å². The molecule has 2 aromatic rings. The number of hydrogen-bond donors (Lipinski definition) is 2. The SMILES string of the molecule is C=CC(CCOC(=O)c1ccc(O)cc1O)c1ccccc1. The highest BCUT2D eigenvalue weighted by molar-refractivity contribution is 5.92. The molecule has 0 radical (unpaired) electrons. The van der Waals surface area contributed by atoms with Gasteiger partial charge in [-0.3, -0.25) is 0 Å². The lowest BCUT2D eigenvalue weighted by molar-refractivity contribution is 0.0493. The third-order valence-corrected chi connectivity index (χ3v) is 3.38. The summed E-state index contributed by atoms with van der Waals surface area (Å²) in [6.07, 6.45) is 2.43. The van der Waals surface area contributed by atoms with Gasteiger partial charge in [0.05, 0.1) is 6.61 Å². The molecule has 1 atom stereocenters. The fourth-order valence-electron chi connectivity index (χ4n) is 2.17. The molecular formula is C18H18O4. The minimum Gasteiger partial charge on any atom is -0.508 e. The zero-order valence-corrected chi connectivity index (χ0v) is 12.1. The van der Waals surface area contributed by atoms with Gasteiger partial charge < -0.3 is 14.9 Å². The molecule has 0 aliphatic carbocycles. The van der Waals surface area contributed by atoms with E-state index in [-0.39, 0.29) is 29.6 Å². The van der Waals surface area contributed by atoms with Gasteiger partial charge in [-0.2, -0.15) is 0 Å². The molecule has 4 nitrogen and oxygen atoms in total. The predicted molar refractivity (Wildman–Crippen MR) is 84.1 cm³/mol. The summed E-state index contributed by atoms with van der Waals surface area (Å²) in [5, 5.41) is 18.8. The van der Waals surface area contributed by atoms with E-state index in [1.165, 1.54) is 12.1 Å². The van der Waals surface area contributed by atoms with Crippen molar-refractivity contribution in [2.24, 2.45) is 0 Å². The molecule has 1 unspecified atom stereocenters. The van der Waals surface area contributed by atoms with Gasteiger partial charge in [-0.15, -0.1) is 6.58 Å². The van der Waals surface area contributed by atoms with Crippen molar-refractivity contribution < 1.29 is 19.7 Å². The Morgan fingerprint density at radius 1 is 1.18 bits per heavy atom. The van der Waals surface area contributed by atoms with E-state index in [0.717, 1.165) is 11.6 Å². The van der Waals surface area contributed by atoms with Crippen LogP contribution in [0.1, 0.15) is 28.3 Å². The fourth-order valence-corrected chi connectivity index (χ4v) is 2.17. The lowest BCUT2D eigenvalue weighted by Crippen LogP contribution is -2.09. The average molecular weight is 298 g/mol. The summed E-state index contributed by atoms with van der Waals surface area (Å²) in [6.45, 7) is 4.02. The number of aromatic hydroxyl groups is 2. The molecule has 0 aromatic heterocycles. The fraction of sp³-hybridized carbons (Fsp3) is 0.167. The Hall–Kier alpha value is -2.75. The van der Waals surface area contributed by atoms with Crippen LogP contribution in [-0.4, -0.2) is 22.8 Å². The first-order valence-electron chi connectivity index (χ1n) is 6.98. The largest absolute Gasteiger partial charge is 0.508 e. The number of hydrogen-bond acceptors (Lipinski definition) is 4. The molecule has 2 N–H and O–H groups in total. The molecule has 0 saturated carbocycles. The highest BCUT2D eigenvalue weighted by Crippen LogP contribution is 2.24. The maximum atomic E-state index is 11.9. The van der Waals surface area contributed by atoms with Crippen LogP contribution < -0.4 is 0 Å². The van der Waals surface area contributed by atoms with E-state index in [0.29, 0.717) is 6.42 Å². The van der Waals surface area contributed by atoms with E-state index in [1.807, 2.05) is 36.4 Å². The first kappa shape index (κ1) is 15.6. The Kier molecular flexibility index (Phi) is 5.20. The molecule has 2 rings (SSSR count). The molecule has 0 aliphatic heterocycles. The van der Waals surface area contributed by atoms with Crippen LogP contribution in [0.3, 0.4) is 0 Å². The number of rotatable bonds is 6. The molecule has 2 aromatic carbocycles. The second-order valence-corrected chi connectivity index (χ2v) is 4.88. The summed E-state index contributed by atoms with van der Waals surface area (Å²) in [5.41, 5.74) is 1.15. The van der Waals surface area contributed by atoms with Crippen molar-refractivity contribution in [1.82, 2.24) is 0 Å². The minimum atomic E-state index is -0.617. The van der Waals surface area contributed by atoms with E-state index in [1.54, 1.807) is 0 Å². The molecule has 0 fully saturated rings. The maximum Gasteiger partial charge on any atom is 0.341 e. The minimum absolute atomic E-state index is 0.0349. The number of allylic oxidation sites excluding steroid dienone is 1. The quantitative estimate of drug-likeness (QED) is 0.631. The summed E-state index contributed by atoms with van der Waals surface area (Å²) in [5.74, 6) is -0.922. The van der Waals surface area contributed by atoms with Crippen molar-refractivity contribution in [2.75, 3.05) is 6.61 Å². The Labute approximate surface area is 129 Å². The highest BCUT2D eigenvalue weighted by Gasteiger charge is 2.14. The molecule has 22 heavy (non-hydrogen) atoms. The van der Waals surface area contributed by atoms with Crippen molar-refractivity contribution in [1.29, 1.82) is 0 Å². The molecule has 0 aliphatic rings. The van der Waals surface area contributed by atoms with Gasteiger partial charge in [0.1, 0.15) is 17.1 Å². The number of benzene rings is 2. The lowest BCUT2D eigenvalue weighted by atomic mass is 9.96. The van der Waals surface area contributed by atoms with Crippen LogP contribution in [0.5, 0.6) is 11.5 Å². The second-order valence-electron chi connectivity index (χ2n) is 4.88. The number of phenolic OH excluding ortho intramolecular Hbond substituents is 2. The van der Waals surface area contributed by atoms with Gasteiger partial charge >= 0.3 is 5.97 Å².